The molecule has 0 saturated heterocycles. The van der Waals surface area contributed by atoms with Crippen LogP contribution in [0.3, 0.4) is 0 Å². The van der Waals surface area contributed by atoms with Crippen molar-refractivity contribution < 1.29 is 0 Å². The first-order valence-corrected chi connectivity index (χ1v) is 6.10. The van der Waals surface area contributed by atoms with Gasteiger partial charge in [0.05, 0.1) is 11.6 Å². The van der Waals surface area contributed by atoms with E-state index < -0.39 is 0 Å². The highest BCUT2D eigenvalue weighted by Crippen LogP contribution is 2.22. The van der Waals surface area contributed by atoms with E-state index in [-0.39, 0.29) is 6.04 Å². The topological polar surface area (TPSA) is 79.4 Å². The molecule has 0 amide bonds. The Balaban J connectivity index is 1.94. The fourth-order valence-corrected chi connectivity index (χ4v) is 1.99. The van der Waals surface area contributed by atoms with E-state index in [1.54, 1.807) is 0 Å². The predicted molar refractivity (Wildman–Crippen MR) is 72.7 cm³/mol. The smallest absolute Gasteiger partial charge is 0.196 e. The molecule has 2 N–H and O–H groups in total. The Morgan fingerprint density at radius 1 is 1.26 bits per heavy atom. The van der Waals surface area contributed by atoms with Crippen molar-refractivity contribution in [2.45, 2.75) is 19.9 Å². The van der Waals surface area contributed by atoms with Gasteiger partial charge in [-0.1, -0.05) is 23.4 Å². The normalized spacial score (nSPS) is 12.5. The molecule has 0 bridgehead atoms. The standard InChI is InChI=1S/C13H14N6/c1-8-7-10-5-3-4-6-11(10)15-12(8)14-9(2)13-16-18-19-17-13/h3-7,9H,1-2H3,(H,14,15)(H,16,17,18,19). The van der Waals surface area contributed by atoms with Gasteiger partial charge in [-0.15, -0.1) is 10.2 Å². The summed E-state index contributed by atoms with van der Waals surface area (Å²) in [5.41, 5.74) is 2.06. The molecular weight excluding hydrogens is 240 g/mol. The Morgan fingerprint density at radius 2 is 2.11 bits per heavy atom. The van der Waals surface area contributed by atoms with Crippen LogP contribution < -0.4 is 5.32 Å². The molecule has 6 heteroatoms. The maximum atomic E-state index is 4.63. The number of aromatic nitrogens is 5. The van der Waals surface area contributed by atoms with E-state index in [0.29, 0.717) is 5.82 Å². The third-order valence-corrected chi connectivity index (χ3v) is 3.02. The van der Waals surface area contributed by atoms with Crippen LogP contribution in [-0.4, -0.2) is 25.6 Å². The lowest BCUT2D eigenvalue weighted by Crippen LogP contribution is -2.11. The predicted octanol–water partition coefficient (Wildman–Crippen LogP) is 2.23. The third-order valence-electron chi connectivity index (χ3n) is 3.02. The number of hydrogen-bond acceptors (Lipinski definition) is 5. The molecule has 0 aliphatic rings. The molecule has 96 valence electrons. The summed E-state index contributed by atoms with van der Waals surface area (Å²) in [4.78, 5) is 4.63. The van der Waals surface area contributed by atoms with Crippen molar-refractivity contribution in [3.63, 3.8) is 0 Å². The minimum Gasteiger partial charge on any atom is -0.360 e. The molecule has 6 nitrogen and oxygen atoms in total. The number of H-pyrrole nitrogens is 1. The molecule has 3 rings (SSSR count). The van der Waals surface area contributed by atoms with Gasteiger partial charge in [-0.3, -0.25) is 0 Å². The van der Waals surface area contributed by atoms with Gasteiger partial charge in [0, 0.05) is 5.39 Å². The number of nitrogens with one attached hydrogen (secondary N) is 2. The van der Waals surface area contributed by atoms with Gasteiger partial charge < -0.3 is 5.32 Å². The maximum Gasteiger partial charge on any atom is 0.196 e. The van der Waals surface area contributed by atoms with Crippen molar-refractivity contribution in [1.82, 2.24) is 25.6 Å². The van der Waals surface area contributed by atoms with Gasteiger partial charge in [0.15, 0.2) is 5.82 Å². The van der Waals surface area contributed by atoms with Crippen molar-refractivity contribution in [3.8, 4) is 0 Å². The quantitative estimate of drug-likeness (QED) is 0.749. The van der Waals surface area contributed by atoms with Gasteiger partial charge in [0.2, 0.25) is 0 Å². The zero-order valence-electron chi connectivity index (χ0n) is 10.8. The molecule has 1 unspecified atom stereocenters. The first-order valence-electron chi connectivity index (χ1n) is 6.10. The number of anilines is 1. The summed E-state index contributed by atoms with van der Waals surface area (Å²) in [7, 11) is 0. The van der Waals surface area contributed by atoms with E-state index in [4.69, 9.17) is 0 Å². The number of para-hydroxylation sites is 1. The summed E-state index contributed by atoms with van der Waals surface area (Å²) in [5.74, 6) is 1.46. The van der Waals surface area contributed by atoms with Crippen molar-refractivity contribution in [2.24, 2.45) is 0 Å². The van der Waals surface area contributed by atoms with Crippen molar-refractivity contribution in [1.29, 1.82) is 0 Å². The number of pyridine rings is 1. The van der Waals surface area contributed by atoms with E-state index in [1.807, 2.05) is 32.0 Å². The second kappa shape index (κ2) is 4.64. The number of aromatic amines is 1. The van der Waals surface area contributed by atoms with Crippen LogP contribution in [0.15, 0.2) is 30.3 Å². The molecule has 0 saturated carbocycles. The third kappa shape index (κ3) is 2.24. The molecule has 0 fully saturated rings. The number of aryl methyl sites for hydroxylation is 1. The Morgan fingerprint density at radius 3 is 2.89 bits per heavy atom. The Labute approximate surface area is 110 Å². The highest BCUT2D eigenvalue weighted by atomic mass is 15.5. The second-order valence-corrected chi connectivity index (χ2v) is 4.48. The summed E-state index contributed by atoms with van der Waals surface area (Å²) in [5, 5.41) is 18.4. The van der Waals surface area contributed by atoms with Gasteiger partial charge in [-0.05, 0) is 31.5 Å². The number of fused-ring (bicyclic) bond motifs is 1. The van der Waals surface area contributed by atoms with E-state index in [1.165, 1.54) is 0 Å². The summed E-state index contributed by atoms with van der Waals surface area (Å²) in [6.45, 7) is 4.01. The molecule has 3 aromatic rings. The number of hydrogen-bond donors (Lipinski definition) is 2. The van der Waals surface area contributed by atoms with Crippen LogP contribution in [0.2, 0.25) is 0 Å². The van der Waals surface area contributed by atoms with E-state index in [2.05, 4.69) is 43.1 Å². The number of tetrazole rings is 1. The second-order valence-electron chi connectivity index (χ2n) is 4.48. The average molecular weight is 254 g/mol. The zero-order chi connectivity index (χ0) is 13.2. The lowest BCUT2D eigenvalue weighted by molar-refractivity contribution is 0.787. The molecule has 0 aliphatic heterocycles. The first kappa shape index (κ1) is 11.6. The molecule has 1 atom stereocenters. The number of benzene rings is 1. The first-order chi connectivity index (χ1) is 9.24. The van der Waals surface area contributed by atoms with Gasteiger partial charge in [-0.2, -0.15) is 5.21 Å². The van der Waals surface area contributed by atoms with Crippen LogP contribution in [0.1, 0.15) is 24.4 Å². The Kier molecular flexibility index (Phi) is 2.83. The molecule has 0 radical (unpaired) electrons. The Bertz CT molecular complexity index is 691. The number of nitrogens with zero attached hydrogens (tertiary/aromatic N) is 4. The van der Waals surface area contributed by atoms with Crippen LogP contribution in [-0.2, 0) is 0 Å². The molecule has 2 aromatic heterocycles. The van der Waals surface area contributed by atoms with Crippen LogP contribution in [0, 0.1) is 6.92 Å². The van der Waals surface area contributed by atoms with Crippen LogP contribution in [0.25, 0.3) is 10.9 Å². The van der Waals surface area contributed by atoms with Gasteiger partial charge in [0.1, 0.15) is 5.82 Å². The van der Waals surface area contributed by atoms with Crippen LogP contribution in [0.5, 0.6) is 0 Å². The SMILES string of the molecule is Cc1cc2ccccc2nc1NC(C)c1nn[nH]n1. The minimum atomic E-state index is -0.0499. The van der Waals surface area contributed by atoms with Crippen LogP contribution >= 0.6 is 0 Å². The molecule has 19 heavy (non-hydrogen) atoms. The summed E-state index contributed by atoms with van der Waals surface area (Å²) in [6.07, 6.45) is 0. The monoisotopic (exact) mass is 254 g/mol. The summed E-state index contributed by atoms with van der Waals surface area (Å²) >= 11 is 0. The Hall–Kier alpha value is -2.50. The summed E-state index contributed by atoms with van der Waals surface area (Å²) in [6, 6.07) is 10.1. The molecule has 0 aliphatic carbocycles. The van der Waals surface area contributed by atoms with E-state index >= 15 is 0 Å². The lowest BCUT2D eigenvalue weighted by Gasteiger charge is -2.13. The van der Waals surface area contributed by atoms with Crippen molar-refractivity contribution >= 4 is 16.7 Å². The van der Waals surface area contributed by atoms with E-state index in [0.717, 1.165) is 22.3 Å². The molecule has 2 heterocycles. The lowest BCUT2D eigenvalue weighted by atomic mass is 10.1. The molecule has 0 spiro atoms. The molecule has 1 aromatic carbocycles. The fourth-order valence-electron chi connectivity index (χ4n) is 1.99. The summed E-state index contributed by atoms with van der Waals surface area (Å²) < 4.78 is 0. The maximum absolute atomic E-state index is 4.63. The average Bonchev–Trinajstić information content (AvgIpc) is 2.93. The van der Waals surface area contributed by atoms with Gasteiger partial charge >= 0.3 is 0 Å². The van der Waals surface area contributed by atoms with E-state index in [9.17, 15) is 0 Å². The molecular formula is C13H14N6. The highest BCUT2D eigenvalue weighted by molar-refractivity contribution is 5.81. The largest absolute Gasteiger partial charge is 0.360 e. The van der Waals surface area contributed by atoms with Crippen molar-refractivity contribution in [2.75, 3.05) is 5.32 Å². The van der Waals surface area contributed by atoms with Gasteiger partial charge in [-0.25, -0.2) is 4.98 Å². The highest BCUT2D eigenvalue weighted by Gasteiger charge is 2.12. The minimum absolute atomic E-state index is 0.0499. The fraction of sp³-hybridized carbons (Fsp3) is 0.231. The zero-order valence-corrected chi connectivity index (χ0v) is 10.8. The van der Waals surface area contributed by atoms with Gasteiger partial charge in [0.25, 0.3) is 0 Å². The van der Waals surface area contributed by atoms with Crippen LogP contribution in [0.4, 0.5) is 5.82 Å². The van der Waals surface area contributed by atoms with Crippen molar-refractivity contribution in [3.05, 3.63) is 41.7 Å². The number of rotatable bonds is 3.